The summed E-state index contributed by atoms with van der Waals surface area (Å²) in [5, 5.41) is 63.5. The van der Waals surface area contributed by atoms with E-state index in [0.29, 0.717) is 0 Å². The highest BCUT2D eigenvalue weighted by atomic mass is 16.4. The molecule has 15 heteroatoms. The highest BCUT2D eigenvalue weighted by Gasteiger charge is 2.01. The van der Waals surface area contributed by atoms with E-state index in [1.165, 1.54) is 13.8 Å². The Hall–Kier alpha value is -2.63. The lowest BCUT2D eigenvalue weighted by Gasteiger charge is -1.96. The van der Waals surface area contributed by atoms with E-state index in [4.69, 9.17) is 50.4 Å². The normalized spacial score (nSPS) is 9.63. The molecule has 0 saturated heterocycles. The minimum atomic E-state index is -1.23. The molecule has 0 aliphatic heterocycles. The van der Waals surface area contributed by atoms with Gasteiger partial charge in [-0.25, -0.2) is 4.79 Å². The number of carbonyl (C=O) groups is 5. The summed E-state index contributed by atoms with van der Waals surface area (Å²) in [5.41, 5.74) is 0. The third kappa shape index (κ3) is 84.3. The van der Waals surface area contributed by atoms with Crippen molar-refractivity contribution in [2.75, 3.05) is 19.8 Å². The Labute approximate surface area is 173 Å². The second-order valence-electron chi connectivity index (χ2n) is 4.26. The molecule has 0 fully saturated rings. The Morgan fingerprint density at radius 2 is 1.20 bits per heavy atom. The Balaban J connectivity index is -0.0000000348. The summed E-state index contributed by atoms with van der Waals surface area (Å²) in [7, 11) is 0. The van der Waals surface area contributed by atoms with Crippen molar-refractivity contribution < 1.29 is 77.2 Å². The van der Waals surface area contributed by atoms with Gasteiger partial charge in [-0.3, -0.25) is 14.4 Å². The number of rotatable bonds is 7. The zero-order chi connectivity index (χ0) is 23.7. The molecule has 0 spiro atoms. The first kappa shape index (κ1) is 45.9. The number of carboxylic acid groups (broad SMARTS) is 1. The van der Waals surface area contributed by atoms with Crippen molar-refractivity contribution in [1.29, 1.82) is 0 Å². The number of carbonyl (C=O) groups excluding carboxylic acids is 4. The zero-order valence-electron chi connectivity index (χ0n) is 16.4. The molecule has 0 rings (SSSR count). The fraction of sp³-hybridized carbons (Fsp3) is 0.533. The molecule has 2 atom stereocenters. The van der Waals surface area contributed by atoms with Crippen LogP contribution in [0.4, 0.5) is 0 Å². The van der Waals surface area contributed by atoms with Crippen molar-refractivity contribution in [2.45, 2.75) is 32.2 Å². The van der Waals surface area contributed by atoms with Gasteiger partial charge in [0.25, 0.3) is 0 Å². The van der Waals surface area contributed by atoms with Crippen LogP contribution in [-0.2, 0) is 24.0 Å². The number of carboxylic acids is 1. The number of Topliss-reactive ketones (excluding diaryl/α,β-unsaturated/α-hetero) is 1. The van der Waals surface area contributed by atoms with Gasteiger partial charge in [-0.1, -0.05) is 6.58 Å². The van der Waals surface area contributed by atoms with E-state index in [9.17, 15) is 14.4 Å². The molecule has 2 unspecified atom stereocenters. The average Bonchev–Trinajstić information content (AvgIpc) is 2.68. The Bertz CT molecular complexity index is 407. The van der Waals surface area contributed by atoms with Crippen LogP contribution in [0.5, 0.6) is 0 Å². The molecule has 11 N–H and O–H groups in total. The largest absolute Gasteiger partial charge is 0.870 e. The maximum Gasteiger partial charge on any atom is 0.332 e. The molecule has 0 saturated carbocycles. The number of aliphatic hydroxyl groups is 7. The standard InChI is InChI=1S/C3H8O3.2C3H6O3.2C3H4O2.2H2O.H2/c2*4-1-3(6)2-5;1-2(4)3(5)6;2*1-3(5)2-4;;;/h3-6H,1-2H2;1,3,5-6H,2H2;2,4H,1H3,(H,5,6);2H,1H3;2,5H,1H2;2*1H2;1H/p-1. The van der Waals surface area contributed by atoms with Crippen LogP contribution in [0.15, 0.2) is 12.3 Å². The summed E-state index contributed by atoms with van der Waals surface area (Å²) in [6, 6.07) is 0. The predicted molar refractivity (Wildman–Crippen MR) is 101 cm³/mol. The van der Waals surface area contributed by atoms with Gasteiger partial charge in [-0.05, 0) is 6.92 Å². The number of aliphatic carboxylic acids is 1. The van der Waals surface area contributed by atoms with Crippen LogP contribution in [0.2, 0.25) is 0 Å². The third-order valence-electron chi connectivity index (χ3n) is 1.43. The second-order valence-corrected chi connectivity index (χ2v) is 4.26. The van der Waals surface area contributed by atoms with E-state index in [2.05, 4.69) is 6.58 Å². The Morgan fingerprint density at radius 1 is 0.933 bits per heavy atom. The van der Waals surface area contributed by atoms with Crippen LogP contribution in [0.1, 0.15) is 15.3 Å². The molecule has 0 radical (unpaired) electrons. The maximum atomic E-state index is 9.45. The average molecular weight is 453 g/mol. The minimum absolute atomic E-state index is 0. The number of hydrogen-bond acceptors (Lipinski definition) is 13. The third-order valence-corrected chi connectivity index (χ3v) is 1.43. The summed E-state index contributed by atoms with van der Waals surface area (Å²) in [5.74, 6) is -2.04. The van der Waals surface area contributed by atoms with Crippen molar-refractivity contribution in [1.82, 2.24) is 0 Å². The van der Waals surface area contributed by atoms with Gasteiger partial charge >= 0.3 is 5.97 Å². The first-order valence-corrected chi connectivity index (χ1v) is 7.14. The Morgan fingerprint density at radius 3 is 1.20 bits per heavy atom. The second kappa shape index (κ2) is 37.2. The minimum Gasteiger partial charge on any atom is -0.870 e. The van der Waals surface area contributed by atoms with Crippen molar-refractivity contribution in [3.63, 3.8) is 0 Å². The molecule has 0 aromatic carbocycles. The van der Waals surface area contributed by atoms with Gasteiger partial charge in [0.15, 0.2) is 24.6 Å². The lowest BCUT2D eigenvalue weighted by molar-refractivity contribution is -0.145. The van der Waals surface area contributed by atoms with Crippen LogP contribution in [-0.4, -0.2) is 121 Å². The van der Waals surface area contributed by atoms with Crippen LogP contribution >= 0.6 is 0 Å². The van der Waals surface area contributed by atoms with E-state index >= 15 is 0 Å². The van der Waals surface area contributed by atoms with Crippen LogP contribution in [0.3, 0.4) is 0 Å². The Kier molecular flexibility index (Phi) is 56.8. The summed E-state index contributed by atoms with van der Waals surface area (Å²) in [6.45, 7) is 4.06. The lowest BCUT2D eigenvalue weighted by atomic mass is 10.4. The molecule has 0 heterocycles. The molecule has 0 aliphatic carbocycles. The van der Waals surface area contributed by atoms with E-state index < -0.39 is 42.4 Å². The fourth-order valence-electron chi connectivity index (χ4n) is 0.101. The summed E-state index contributed by atoms with van der Waals surface area (Å²) in [4.78, 5) is 46.5. The van der Waals surface area contributed by atoms with Crippen molar-refractivity contribution in [2.24, 2.45) is 0 Å². The van der Waals surface area contributed by atoms with Crippen LogP contribution in [0, 0.1) is 0 Å². The lowest BCUT2D eigenvalue weighted by Crippen LogP contribution is -2.15. The van der Waals surface area contributed by atoms with Gasteiger partial charge in [-0.2, -0.15) is 0 Å². The zero-order valence-corrected chi connectivity index (χ0v) is 16.4. The van der Waals surface area contributed by atoms with Crippen molar-refractivity contribution in [3.8, 4) is 0 Å². The van der Waals surface area contributed by atoms with E-state index in [1.54, 1.807) is 0 Å². The number of aliphatic hydroxyl groups excluding tert-OH is 7. The molecule has 30 heavy (non-hydrogen) atoms. The summed E-state index contributed by atoms with van der Waals surface area (Å²) in [6.07, 6.45) is -2.54. The van der Waals surface area contributed by atoms with Crippen molar-refractivity contribution >= 4 is 30.6 Å². The summed E-state index contributed by atoms with van der Waals surface area (Å²) < 4.78 is 0. The maximum absolute atomic E-state index is 9.45. The quantitative estimate of drug-likeness (QED) is 0.0780. The monoisotopic (exact) mass is 453 g/mol. The van der Waals surface area contributed by atoms with Crippen LogP contribution < -0.4 is 0 Å². The van der Waals surface area contributed by atoms with Crippen LogP contribution in [0.25, 0.3) is 0 Å². The van der Waals surface area contributed by atoms with Gasteiger partial charge < -0.3 is 56.6 Å². The smallest absolute Gasteiger partial charge is 0.332 e. The van der Waals surface area contributed by atoms with Crippen molar-refractivity contribution in [3.05, 3.63) is 12.3 Å². The highest BCUT2D eigenvalue weighted by Crippen LogP contribution is 1.73. The molecule has 184 valence electrons. The number of aldehydes is 3. The molecule has 15 nitrogen and oxygen atoms in total. The van der Waals surface area contributed by atoms with Gasteiger partial charge in [-0.15, -0.1) is 0 Å². The molecule has 0 aromatic rings. The van der Waals surface area contributed by atoms with Gasteiger partial charge in [0.05, 0.1) is 19.8 Å². The fourth-order valence-corrected chi connectivity index (χ4v) is 0.101. The number of ketones is 1. The SMILES string of the molecule is C=C(O)C=O.CC(=O)C=O.CC(O)C(=O)O.O.O=CC(O)CO.OCC(O)CO.[HH].[OH-]. The summed E-state index contributed by atoms with van der Waals surface area (Å²) >= 11 is 0. The number of hydrogen-bond donors (Lipinski definition) is 8. The van der Waals surface area contributed by atoms with E-state index in [0.717, 1.165) is 0 Å². The predicted octanol–water partition coefficient (Wildman–Crippen LogP) is -4.40. The van der Waals surface area contributed by atoms with E-state index in [-0.39, 0.29) is 44.5 Å². The molecule has 0 aromatic heterocycles. The van der Waals surface area contributed by atoms with Gasteiger partial charge in [0.1, 0.15) is 24.1 Å². The number of allylic oxidation sites excluding steroid dienone is 1. The van der Waals surface area contributed by atoms with E-state index in [1.807, 2.05) is 0 Å². The topological polar surface area (TPSA) is 309 Å². The molecular weight excluding hydrogens is 420 g/mol. The molecule has 0 amide bonds. The first-order chi connectivity index (χ1) is 12.8. The van der Waals surface area contributed by atoms with Gasteiger partial charge in [0, 0.05) is 8.35 Å². The molecular formula is C15H33O15-. The first-order valence-electron chi connectivity index (χ1n) is 7.14. The molecule has 0 aliphatic rings. The molecule has 0 bridgehead atoms. The van der Waals surface area contributed by atoms with Gasteiger partial charge in [0.2, 0.25) is 0 Å². The highest BCUT2D eigenvalue weighted by molar-refractivity contribution is 6.23.